The van der Waals surface area contributed by atoms with Crippen LogP contribution in [0.15, 0.2) is 56.8 Å². The Morgan fingerprint density at radius 2 is 1.90 bits per heavy atom. The molecule has 0 saturated heterocycles. The van der Waals surface area contributed by atoms with Crippen LogP contribution >= 0.6 is 23.4 Å². The van der Waals surface area contributed by atoms with Crippen molar-refractivity contribution in [3.8, 4) is 17.1 Å². The number of fused-ring (bicyclic) bond motifs is 1. The zero-order valence-electron chi connectivity index (χ0n) is 16.8. The highest BCUT2D eigenvalue weighted by Crippen LogP contribution is 2.31. The lowest BCUT2D eigenvalue weighted by molar-refractivity contribution is 0.415. The maximum Gasteiger partial charge on any atom is 0.336 e. The molecule has 0 bridgehead atoms. The molecule has 0 aliphatic carbocycles. The molecule has 0 radical (unpaired) electrons. The third-order valence-corrected chi connectivity index (χ3v) is 6.34. The van der Waals surface area contributed by atoms with Crippen LogP contribution in [0, 0.1) is 0 Å². The lowest BCUT2D eigenvalue weighted by Crippen LogP contribution is -2.01. The Morgan fingerprint density at radius 3 is 2.60 bits per heavy atom. The zero-order valence-corrected chi connectivity index (χ0v) is 18.4. The van der Waals surface area contributed by atoms with E-state index in [1.54, 1.807) is 7.11 Å². The summed E-state index contributed by atoms with van der Waals surface area (Å²) in [6.45, 7) is 2.01. The Balaban J connectivity index is 1.62. The van der Waals surface area contributed by atoms with Crippen molar-refractivity contribution >= 4 is 34.3 Å². The smallest absolute Gasteiger partial charge is 0.336 e. The van der Waals surface area contributed by atoms with E-state index in [0.717, 1.165) is 45.2 Å². The monoisotopic (exact) mass is 441 g/mol. The standard InChI is InChI=1S/C22H20ClN3O3S/c1-4-13-9-19-17(11-18(13)23)15(10-20(27)29-19)12-30-22-25-24-21(26(22)2)14-5-7-16(28-3)8-6-14/h5-11H,4,12H2,1-3H3. The van der Waals surface area contributed by atoms with Crippen LogP contribution in [0.2, 0.25) is 5.02 Å². The van der Waals surface area contributed by atoms with Crippen LogP contribution in [-0.4, -0.2) is 21.9 Å². The molecule has 0 N–H and O–H groups in total. The van der Waals surface area contributed by atoms with Crippen LogP contribution in [0.5, 0.6) is 5.75 Å². The molecule has 0 aliphatic rings. The summed E-state index contributed by atoms with van der Waals surface area (Å²) in [5.41, 5.74) is 2.93. The molecule has 4 rings (SSSR count). The van der Waals surface area contributed by atoms with Gasteiger partial charge in [-0.2, -0.15) is 0 Å². The summed E-state index contributed by atoms with van der Waals surface area (Å²) in [7, 11) is 3.56. The van der Waals surface area contributed by atoms with Crippen molar-refractivity contribution < 1.29 is 9.15 Å². The number of hydrogen-bond acceptors (Lipinski definition) is 6. The summed E-state index contributed by atoms with van der Waals surface area (Å²) in [5, 5.41) is 10.9. The van der Waals surface area contributed by atoms with E-state index in [1.807, 2.05) is 54.9 Å². The summed E-state index contributed by atoms with van der Waals surface area (Å²) >= 11 is 7.89. The molecule has 2 aromatic heterocycles. The van der Waals surface area contributed by atoms with Gasteiger partial charge in [0.1, 0.15) is 11.3 Å². The summed E-state index contributed by atoms with van der Waals surface area (Å²) < 4.78 is 12.5. The van der Waals surface area contributed by atoms with Crippen LogP contribution in [0.1, 0.15) is 18.1 Å². The summed E-state index contributed by atoms with van der Waals surface area (Å²) in [5.74, 6) is 2.08. The van der Waals surface area contributed by atoms with Gasteiger partial charge in [-0.15, -0.1) is 10.2 Å². The van der Waals surface area contributed by atoms with E-state index in [2.05, 4.69) is 10.2 Å². The van der Waals surface area contributed by atoms with Gasteiger partial charge in [-0.25, -0.2) is 4.79 Å². The predicted octanol–water partition coefficient (Wildman–Crippen LogP) is 5.11. The number of methoxy groups -OCH3 is 1. The fraction of sp³-hybridized carbons (Fsp3) is 0.227. The highest BCUT2D eigenvalue weighted by atomic mass is 35.5. The number of benzene rings is 2. The van der Waals surface area contributed by atoms with E-state index < -0.39 is 0 Å². The van der Waals surface area contributed by atoms with E-state index in [4.69, 9.17) is 20.8 Å². The van der Waals surface area contributed by atoms with Crippen molar-refractivity contribution in [2.45, 2.75) is 24.3 Å². The van der Waals surface area contributed by atoms with Gasteiger partial charge in [-0.05, 0) is 53.9 Å². The van der Waals surface area contributed by atoms with E-state index >= 15 is 0 Å². The average molecular weight is 442 g/mol. The summed E-state index contributed by atoms with van der Waals surface area (Å²) in [4.78, 5) is 12.1. The Bertz CT molecular complexity index is 1270. The van der Waals surface area contributed by atoms with Crippen molar-refractivity contribution in [3.63, 3.8) is 0 Å². The highest BCUT2D eigenvalue weighted by Gasteiger charge is 2.14. The molecule has 154 valence electrons. The van der Waals surface area contributed by atoms with Crippen molar-refractivity contribution in [1.82, 2.24) is 14.8 Å². The van der Waals surface area contributed by atoms with Gasteiger partial charge in [0.25, 0.3) is 0 Å². The number of rotatable bonds is 6. The van der Waals surface area contributed by atoms with Gasteiger partial charge in [-0.1, -0.05) is 30.3 Å². The molecule has 8 heteroatoms. The fourth-order valence-electron chi connectivity index (χ4n) is 3.25. The molecule has 0 atom stereocenters. The van der Waals surface area contributed by atoms with Crippen molar-refractivity contribution in [3.05, 3.63) is 69.0 Å². The maximum absolute atomic E-state index is 12.1. The number of aromatic nitrogens is 3. The number of thioether (sulfide) groups is 1. The number of hydrogen-bond donors (Lipinski definition) is 0. The van der Waals surface area contributed by atoms with E-state index in [-0.39, 0.29) is 5.63 Å². The van der Waals surface area contributed by atoms with Gasteiger partial charge in [0.05, 0.1) is 7.11 Å². The molecule has 0 saturated carbocycles. The normalized spacial score (nSPS) is 11.2. The number of ether oxygens (including phenoxy) is 1. The number of nitrogens with zero attached hydrogens (tertiary/aromatic N) is 3. The molecular formula is C22H20ClN3O3S. The Morgan fingerprint density at radius 1 is 1.13 bits per heavy atom. The first-order valence-corrected chi connectivity index (χ1v) is 10.8. The molecule has 6 nitrogen and oxygen atoms in total. The van der Waals surface area contributed by atoms with E-state index in [1.165, 1.54) is 17.8 Å². The number of aryl methyl sites for hydroxylation is 1. The summed E-state index contributed by atoms with van der Waals surface area (Å²) in [6.07, 6.45) is 0.768. The van der Waals surface area contributed by atoms with Crippen molar-refractivity contribution in [1.29, 1.82) is 0 Å². The van der Waals surface area contributed by atoms with Crippen LogP contribution in [0.25, 0.3) is 22.4 Å². The fourth-order valence-corrected chi connectivity index (χ4v) is 4.45. The average Bonchev–Trinajstić information content (AvgIpc) is 3.12. The first-order valence-electron chi connectivity index (χ1n) is 9.42. The van der Waals surface area contributed by atoms with Crippen LogP contribution in [0.4, 0.5) is 0 Å². The molecule has 2 aromatic carbocycles. The van der Waals surface area contributed by atoms with E-state index in [0.29, 0.717) is 16.4 Å². The van der Waals surface area contributed by atoms with Crippen LogP contribution in [0.3, 0.4) is 0 Å². The van der Waals surface area contributed by atoms with Crippen molar-refractivity contribution in [2.75, 3.05) is 7.11 Å². The first kappa shape index (κ1) is 20.5. The highest BCUT2D eigenvalue weighted by molar-refractivity contribution is 7.98. The molecule has 4 aromatic rings. The molecule has 0 aliphatic heterocycles. The second-order valence-electron chi connectivity index (χ2n) is 6.77. The number of halogens is 1. The van der Waals surface area contributed by atoms with Gasteiger partial charge >= 0.3 is 5.63 Å². The quantitative estimate of drug-likeness (QED) is 0.306. The second kappa shape index (κ2) is 8.53. The minimum absolute atomic E-state index is 0.376. The molecule has 0 spiro atoms. The molecule has 0 fully saturated rings. The molecule has 30 heavy (non-hydrogen) atoms. The van der Waals surface area contributed by atoms with Crippen LogP contribution in [-0.2, 0) is 19.2 Å². The van der Waals surface area contributed by atoms with Gasteiger partial charge < -0.3 is 13.7 Å². The minimum atomic E-state index is -0.376. The first-order chi connectivity index (χ1) is 14.5. The van der Waals surface area contributed by atoms with Crippen molar-refractivity contribution in [2.24, 2.45) is 7.05 Å². The van der Waals surface area contributed by atoms with Gasteiger partial charge in [-0.3, -0.25) is 0 Å². The minimum Gasteiger partial charge on any atom is -0.497 e. The second-order valence-corrected chi connectivity index (χ2v) is 8.12. The predicted molar refractivity (Wildman–Crippen MR) is 119 cm³/mol. The lowest BCUT2D eigenvalue weighted by Gasteiger charge is -2.08. The van der Waals surface area contributed by atoms with Gasteiger partial charge in [0, 0.05) is 34.8 Å². The van der Waals surface area contributed by atoms with E-state index in [9.17, 15) is 4.79 Å². The molecular weight excluding hydrogens is 422 g/mol. The lowest BCUT2D eigenvalue weighted by atomic mass is 10.1. The Kier molecular flexibility index (Phi) is 5.83. The largest absolute Gasteiger partial charge is 0.497 e. The van der Waals surface area contributed by atoms with Crippen LogP contribution < -0.4 is 10.4 Å². The third kappa shape index (κ3) is 3.95. The van der Waals surface area contributed by atoms with Gasteiger partial charge in [0.15, 0.2) is 11.0 Å². The SMILES string of the molecule is CCc1cc2oc(=O)cc(CSc3nnc(-c4ccc(OC)cc4)n3C)c2cc1Cl. The third-order valence-electron chi connectivity index (χ3n) is 4.92. The maximum atomic E-state index is 12.1. The molecule has 0 unspecified atom stereocenters. The Hall–Kier alpha value is -2.77. The summed E-state index contributed by atoms with van der Waals surface area (Å²) in [6, 6.07) is 12.9. The van der Waals surface area contributed by atoms with Gasteiger partial charge in [0.2, 0.25) is 0 Å². The topological polar surface area (TPSA) is 70.2 Å². The zero-order chi connectivity index (χ0) is 21.3. The molecule has 2 heterocycles. The Labute approximate surface area is 182 Å². The molecule has 0 amide bonds.